The number of carbonyl (C=O) groups excluding carboxylic acids is 2. The molecule has 0 aromatic heterocycles. The molecule has 2 N–H and O–H groups in total. The van der Waals surface area contributed by atoms with E-state index in [-0.39, 0.29) is 32.5 Å². The quantitative estimate of drug-likeness (QED) is 0.563. The molecule has 0 aromatic rings. The van der Waals surface area contributed by atoms with E-state index in [9.17, 15) is 14.4 Å². The van der Waals surface area contributed by atoms with E-state index in [0.29, 0.717) is 0 Å². The minimum Gasteiger partial charge on any atom is -0.480 e. The van der Waals surface area contributed by atoms with Crippen LogP contribution in [0.2, 0.25) is 0 Å². The normalized spacial score (nSPS) is 11.7. The largest absolute Gasteiger partial charge is 0.480 e. The molecule has 0 fully saturated rings. The number of hydrogen-bond acceptors (Lipinski definition) is 5. The van der Waals surface area contributed by atoms with E-state index in [4.69, 9.17) is 9.84 Å². The molecule has 0 bridgehead atoms. The van der Waals surface area contributed by atoms with Crippen molar-refractivity contribution in [2.24, 2.45) is 0 Å². The first kappa shape index (κ1) is 16.4. The van der Waals surface area contributed by atoms with Gasteiger partial charge in [-0.3, -0.25) is 9.59 Å². The summed E-state index contributed by atoms with van der Waals surface area (Å²) in [6, 6.07) is -1.00. The van der Waals surface area contributed by atoms with Gasteiger partial charge in [0, 0.05) is 26.6 Å². The number of methoxy groups -OCH3 is 1. The van der Waals surface area contributed by atoms with Crippen LogP contribution in [-0.2, 0) is 23.9 Å². The van der Waals surface area contributed by atoms with Gasteiger partial charge in [-0.25, -0.2) is 4.79 Å². The number of carbonyl (C=O) groups is 3. The summed E-state index contributed by atoms with van der Waals surface area (Å²) < 4.78 is 9.40. The molecule has 0 spiro atoms. The fourth-order valence-electron chi connectivity index (χ4n) is 1.21. The van der Waals surface area contributed by atoms with Gasteiger partial charge >= 0.3 is 11.9 Å². The SMILES string of the molecule is CCOC(=O)CCC(=O)NC(CCOC)C(=O)O. The topological polar surface area (TPSA) is 102 Å². The van der Waals surface area contributed by atoms with E-state index in [0.717, 1.165) is 0 Å². The molecule has 0 heterocycles. The van der Waals surface area contributed by atoms with E-state index in [1.54, 1.807) is 6.92 Å². The predicted octanol–water partition coefficient (Wildman–Crippen LogP) is -0.0644. The fraction of sp³-hybridized carbons (Fsp3) is 0.727. The molecule has 0 aliphatic carbocycles. The molecule has 0 saturated carbocycles. The summed E-state index contributed by atoms with van der Waals surface area (Å²) in [5, 5.41) is 11.2. The van der Waals surface area contributed by atoms with Crippen molar-refractivity contribution in [1.82, 2.24) is 5.32 Å². The Bertz CT molecular complexity index is 291. The van der Waals surface area contributed by atoms with Crippen molar-refractivity contribution in [3.8, 4) is 0 Å². The van der Waals surface area contributed by atoms with Crippen molar-refractivity contribution < 1.29 is 29.0 Å². The minimum atomic E-state index is -1.13. The highest BCUT2D eigenvalue weighted by Gasteiger charge is 2.19. The van der Waals surface area contributed by atoms with Gasteiger partial charge in [0.15, 0.2) is 0 Å². The van der Waals surface area contributed by atoms with E-state index in [1.807, 2.05) is 0 Å². The number of hydrogen-bond donors (Lipinski definition) is 2. The molecule has 0 aliphatic heterocycles. The standard InChI is InChI=1S/C11H19NO6/c1-3-18-10(14)5-4-9(13)12-8(11(15)16)6-7-17-2/h8H,3-7H2,1-2H3,(H,12,13)(H,15,16). The molecule has 7 heteroatoms. The maximum Gasteiger partial charge on any atom is 0.326 e. The second kappa shape index (κ2) is 9.41. The zero-order valence-electron chi connectivity index (χ0n) is 10.6. The van der Waals surface area contributed by atoms with Gasteiger partial charge in [-0.05, 0) is 6.92 Å². The van der Waals surface area contributed by atoms with Crippen LogP contribution < -0.4 is 5.32 Å². The van der Waals surface area contributed by atoms with Crippen LogP contribution in [0.3, 0.4) is 0 Å². The zero-order valence-corrected chi connectivity index (χ0v) is 10.6. The molecule has 0 radical (unpaired) electrons. The third-order valence-electron chi connectivity index (χ3n) is 2.11. The summed E-state index contributed by atoms with van der Waals surface area (Å²) in [5.74, 6) is -2.10. The maximum atomic E-state index is 11.4. The lowest BCUT2D eigenvalue weighted by atomic mass is 10.2. The van der Waals surface area contributed by atoms with Gasteiger partial charge in [0.25, 0.3) is 0 Å². The zero-order chi connectivity index (χ0) is 14.0. The van der Waals surface area contributed by atoms with Crippen LogP contribution >= 0.6 is 0 Å². The van der Waals surface area contributed by atoms with Crippen LogP contribution in [0.25, 0.3) is 0 Å². The number of rotatable bonds is 9. The lowest BCUT2D eigenvalue weighted by Gasteiger charge is -2.13. The summed E-state index contributed by atoms with van der Waals surface area (Å²) in [5.41, 5.74) is 0. The molecular weight excluding hydrogens is 242 g/mol. The highest BCUT2D eigenvalue weighted by atomic mass is 16.5. The van der Waals surface area contributed by atoms with E-state index in [2.05, 4.69) is 10.1 Å². The van der Waals surface area contributed by atoms with Crippen LogP contribution in [0, 0.1) is 0 Å². The summed E-state index contributed by atoms with van der Waals surface area (Å²) in [7, 11) is 1.45. The van der Waals surface area contributed by atoms with Gasteiger partial charge in [0.2, 0.25) is 5.91 Å². The van der Waals surface area contributed by atoms with E-state index < -0.39 is 23.9 Å². The number of carboxylic acid groups (broad SMARTS) is 1. The van der Waals surface area contributed by atoms with Gasteiger partial charge in [-0.15, -0.1) is 0 Å². The summed E-state index contributed by atoms with van der Waals surface area (Å²) >= 11 is 0. The molecular formula is C11H19NO6. The fourth-order valence-corrected chi connectivity index (χ4v) is 1.21. The van der Waals surface area contributed by atoms with E-state index >= 15 is 0 Å². The van der Waals surface area contributed by atoms with Gasteiger partial charge in [0.05, 0.1) is 13.0 Å². The molecule has 1 unspecified atom stereocenters. The second-order valence-corrected chi connectivity index (χ2v) is 3.54. The van der Waals surface area contributed by atoms with Crippen LogP contribution in [0.5, 0.6) is 0 Å². The summed E-state index contributed by atoms with van der Waals surface area (Å²) in [4.78, 5) is 33.2. The van der Waals surface area contributed by atoms with Crippen LogP contribution in [0.1, 0.15) is 26.2 Å². The summed E-state index contributed by atoms with van der Waals surface area (Å²) in [6.45, 7) is 2.16. The Balaban J connectivity index is 4.02. The highest BCUT2D eigenvalue weighted by Crippen LogP contribution is 1.97. The molecule has 0 aromatic carbocycles. The third kappa shape index (κ3) is 7.61. The predicted molar refractivity (Wildman–Crippen MR) is 61.9 cm³/mol. The molecule has 18 heavy (non-hydrogen) atoms. The van der Waals surface area contributed by atoms with Crippen molar-refractivity contribution >= 4 is 17.8 Å². The van der Waals surface area contributed by atoms with Crippen LogP contribution in [0.4, 0.5) is 0 Å². The van der Waals surface area contributed by atoms with Crippen molar-refractivity contribution in [3.63, 3.8) is 0 Å². The minimum absolute atomic E-state index is 0.0592. The Morgan fingerprint density at radius 1 is 1.28 bits per heavy atom. The Labute approximate surface area is 105 Å². The first-order valence-corrected chi connectivity index (χ1v) is 5.68. The van der Waals surface area contributed by atoms with Crippen molar-refractivity contribution in [2.75, 3.05) is 20.3 Å². The lowest BCUT2D eigenvalue weighted by molar-refractivity contribution is -0.145. The van der Waals surface area contributed by atoms with Crippen molar-refractivity contribution in [3.05, 3.63) is 0 Å². The molecule has 1 amide bonds. The Hall–Kier alpha value is -1.63. The van der Waals surface area contributed by atoms with Crippen molar-refractivity contribution in [2.45, 2.75) is 32.2 Å². The van der Waals surface area contributed by atoms with Crippen LogP contribution in [-0.4, -0.2) is 49.3 Å². The summed E-state index contributed by atoms with van der Waals surface area (Å²) in [6.07, 6.45) is 0.0306. The Morgan fingerprint density at radius 2 is 1.94 bits per heavy atom. The number of aliphatic carboxylic acids is 1. The van der Waals surface area contributed by atoms with Gasteiger partial charge in [0.1, 0.15) is 6.04 Å². The van der Waals surface area contributed by atoms with Gasteiger partial charge in [-0.1, -0.05) is 0 Å². The monoisotopic (exact) mass is 261 g/mol. The molecule has 0 aliphatic rings. The number of ether oxygens (including phenoxy) is 2. The highest BCUT2D eigenvalue weighted by molar-refractivity contribution is 5.85. The molecule has 104 valence electrons. The van der Waals surface area contributed by atoms with Gasteiger partial charge in [-0.2, -0.15) is 0 Å². The first-order chi connectivity index (χ1) is 8.51. The molecule has 7 nitrogen and oxygen atoms in total. The average Bonchev–Trinajstić information content (AvgIpc) is 2.32. The number of nitrogens with one attached hydrogen (secondary N) is 1. The number of esters is 1. The Morgan fingerprint density at radius 3 is 2.44 bits per heavy atom. The Kier molecular flexibility index (Phi) is 8.55. The smallest absolute Gasteiger partial charge is 0.326 e. The van der Waals surface area contributed by atoms with Gasteiger partial charge < -0.3 is 19.9 Å². The second-order valence-electron chi connectivity index (χ2n) is 3.54. The average molecular weight is 261 g/mol. The van der Waals surface area contributed by atoms with Crippen LogP contribution in [0.15, 0.2) is 0 Å². The maximum absolute atomic E-state index is 11.4. The van der Waals surface area contributed by atoms with Crippen molar-refractivity contribution in [1.29, 1.82) is 0 Å². The number of amides is 1. The van der Waals surface area contributed by atoms with E-state index in [1.165, 1.54) is 7.11 Å². The molecule has 0 saturated heterocycles. The molecule has 1 atom stereocenters. The lowest BCUT2D eigenvalue weighted by Crippen LogP contribution is -2.41. The first-order valence-electron chi connectivity index (χ1n) is 5.68. The number of carboxylic acids is 1. The molecule has 0 rings (SSSR count). The third-order valence-corrected chi connectivity index (χ3v) is 2.11.